The molecular weight excluding hydrogens is 1770 g/mol. The van der Waals surface area contributed by atoms with Crippen LogP contribution in [-0.4, -0.2) is 125 Å². The van der Waals surface area contributed by atoms with Crippen molar-refractivity contribution in [1.29, 1.82) is 10.5 Å². The molecule has 15 aromatic rings. The molecule has 9 heterocycles. The fourth-order valence-electron chi connectivity index (χ4n) is 10.2. The van der Waals surface area contributed by atoms with E-state index in [0.29, 0.717) is 69.4 Å². The van der Waals surface area contributed by atoms with Crippen LogP contribution in [0.25, 0.3) is 68.3 Å². The van der Waals surface area contributed by atoms with Crippen LogP contribution in [-0.2, 0) is 28.1 Å². The lowest BCUT2D eigenvalue weighted by molar-refractivity contribution is 0.452. The maximum Gasteiger partial charge on any atom is 0.237 e. The number of rotatable bonds is 12. The van der Waals surface area contributed by atoms with Crippen LogP contribution >= 0.6 is 92.8 Å². The minimum absolute atomic E-state index is 0.0221. The minimum Gasteiger partial charge on any atom is -0.265 e. The van der Waals surface area contributed by atoms with Crippen molar-refractivity contribution in [2.45, 2.75) is 164 Å². The highest BCUT2D eigenvalue weighted by molar-refractivity contribution is 6.30. The second-order valence-corrected chi connectivity index (χ2v) is 34.4. The summed E-state index contributed by atoms with van der Waals surface area (Å²) in [7, 11) is 0. The summed E-state index contributed by atoms with van der Waals surface area (Å²) in [6.07, 6.45) is 6.35. The zero-order chi connectivity index (χ0) is 92.6. The van der Waals surface area contributed by atoms with Crippen LogP contribution < -0.4 is 0 Å². The molecule has 0 aliphatic carbocycles. The molecule has 27 nitrogen and oxygen atoms in total. The maximum atomic E-state index is 8.89. The fourth-order valence-corrected chi connectivity index (χ4v) is 11.5. The van der Waals surface area contributed by atoms with Gasteiger partial charge in [-0.1, -0.05) is 275 Å². The number of aryl methyl sites for hydroxylation is 1. The fraction of sp³-hybridized carbons (Fsp3) is 0.272. The largest absolute Gasteiger partial charge is 0.265 e. The van der Waals surface area contributed by atoms with E-state index in [-0.39, 0.29) is 76.3 Å². The molecule has 9 aromatic heterocycles. The maximum absolute atomic E-state index is 8.89. The minimum atomic E-state index is -0.106. The van der Waals surface area contributed by atoms with Gasteiger partial charge < -0.3 is 0 Å². The molecule has 0 amide bonds. The van der Waals surface area contributed by atoms with Crippen LogP contribution in [0.15, 0.2) is 207 Å². The van der Waals surface area contributed by atoms with Crippen LogP contribution in [0.1, 0.15) is 193 Å². The lowest BCUT2D eigenvalue weighted by atomic mass is 9.88. The Kier molecular flexibility index (Phi) is 37.9. The lowest BCUT2D eigenvalue weighted by Gasteiger charge is -2.23. The Bertz CT molecular complexity index is 5810. The molecule has 0 radical (unpaired) electrons. The Balaban J connectivity index is 0.000000180. The molecular formula is C92H91Cl8N27. The number of nitriles is 2. The number of hydrogen-bond donors (Lipinski definition) is 0. The first-order valence-corrected chi connectivity index (χ1v) is 42.6. The van der Waals surface area contributed by atoms with Gasteiger partial charge in [0.05, 0.1) is 11.6 Å². The van der Waals surface area contributed by atoms with E-state index < -0.39 is 0 Å². The number of halogens is 8. The Morgan fingerprint density at radius 1 is 0.315 bits per heavy atom. The predicted octanol–water partition coefficient (Wildman–Crippen LogP) is 23.1. The van der Waals surface area contributed by atoms with Gasteiger partial charge in [0.1, 0.15) is 59.0 Å². The van der Waals surface area contributed by atoms with Gasteiger partial charge in [-0.25, -0.2) is 79.7 Å². The summed E-state index contributed by atoms with van der Waals surface area (Å²) in [5, 5.41) is 19.2. The lowest BCUT2D eigenvalue weighted by Crippen LogP contribution is -2.25. The summed E-state index contributed by atoms with van der Waals surface area (Å²) in [4.78, 5) is 103. The van der Waals surface area contributed by atoms with E-state index in [1.165, 1.54) is 11.9 Å². The molecule has 35 heteroatoms. The second kappa shape index (κ2) is 48.0. The van der Waals surface area contributed by atoms with Crippen molar-refractivity contribution in [1.82, 2.24) is 125 Å². The van der Waals surface area contributed by atoms with Crippen molar-refractivity contribution in [3.63, 3.8) is 0 Å². The Morgan fingerprint density at radius 2 is 0.661 bits per heavy atom. The van der Waals surface area contributed by atoms with Gasteiger partial charge in [-0.2, -0.15) is 50.4 Å². The number of aromatic nitrogens is 25. The first-order chi connectivity index (χ1) is 60.3. The highest BCUT2D eigenvalue weighted by Gasteiger charge is 2.28. The Labute approximate surface area is 779 Å². The van der Waals surface area contributed by atoms with Crippen molar-refractivity contribution >= 4 is 92.8 Å². The van der Waals surface area contributed by atoms with Crippen LogP contribution in [0.3, 0.4) is 0 Å². The van der Waals surface area contributed by atoms with E-state index in [1.807, 2.05) is 211 Å². The standard InChI is InChI=1S/C15H10ClN3.C14H9ClN4.C12H20ClN3.C11H10ClN3.C11H18ClN3.2C10H5ClN4.C9H14ClN3/c16-15-18-13(11-7-3-1-4-8-11)17-14(19-15)12-9-5-2-6-10-12;15-14-18-12(10-4-2-1-3-5-10)17-13(19-14)11-6-8-16-9-7-11;1-7-12(5,6)9-14-8(11(2,3)4)15-10(13)16-9;1-8-13-10(15-11(12)14-8)7-9-5-3-2-4-6-9;1-10(2,3)7-13-8(11(4,5)6)15-9(12)14-7;11-10-14-6-13-9(15-10)8-4-2-1-3-7(8)5-12;11-10-14-8(6-12)13-9(15-10)7-4-2-1-3-5-7;1-5(2)7-11-8(6(3)4)13-9(10)12-7/h1-10H;1-9H;7H2,1-6H3;2-6H,7H2,1H3;1-6H3;1-4,6H;1-5H;5-6H,1-4H3. The number of pyridine rings is 1. The number of benzene rings is 6. The van der Waals surface area contributed by atoms with Gasteiger partial charge in [-0.3, -0.25) is 4.98 Å². The Hall–Kier alpha value is -12.2. The molecule has 0 aliphatic rings. The summed E-state index contributed by atoms with van der Waals surface area (Å²) < 4.78 is 0. The first kappa shape index (κ1) is 100. The second-order valence-electron chi connectivity index (χ2n) is 31.7. The van der Waals surface area contributed by atoms with Gasteiger partial charge in [0.25, 0.3) is 0 Å². The smallest absolute Gasteiger partial charge is 0.237 e. The molecule has 0 unspecified atom stereocenters. The third-order valence-electron chi connectivity index (χ3n) is 17.2. The molecule has 0 saturated carbocycles. The van der Waals surface area contributed by atoms with Crippen molar-refractivity contribution in [3.05, 3.63) is 313 Å². The van der Waals surface area contributed by atoms with Crippen LogP contribution in [0.4, 0.5) is 0 Å². The SMILES string of the molecule is CC(C)(C)c1nc(Cl)nc(C(C)(C)C)n1.CC(C)c1nc(Cl)nc(C(C)C)n1.CCC(C)(C)c1nc(Cl)nc(C(C)(C)C)n1.Cc1nc(Cl)nc(Cc2ccccc2)n1.Clc1nc(-c2ccccc2)nc(-c2ccccc2)n1.Clc1nc(-c2ccccc2)nc(-c2ccncc2)n1.N#Cc1ccccc1-c1ncnc(Cl)n1.N#Cc1nc(Cl)nc(-c2ccccc2)n1. The highest BCUT2D eigenvalue weighted by Crippen LogP contribution is 2.30. The van der Waals surface area contributed by atoms with Gasteiger partial charge in [0, 0.05) is 85.7 Å². The zero-order valence-corrected chi connectivity index (χ0v) is 78.8. The quantitative estimate of drug-likeness (QED) is 0.110. The molecule has 15 rings (SSSR count). The average molecular weight is 1860 g/mol. The van der Waals surface area contributed by atoms with Crippen LogP contribution in [0, 0.1) is 29.6 Å². The normalized spacial score (nSPS) is 10.9. The van der Waals surface area contributed by atoms with Crippen molar-refractivity contribution in [2.75, 3.05) is 0 Å². The first-order valence-electron chi connectivity index (χ1n) is 39.6. The number of hydrogen-bond acceptors (Lipinski definition) is 27. The average Bonchev–Trinajstić information content (AvgIpc) is 0.810. The molecule has 0 N–H and O–H groups in total. The summed E-state index contributed by atoms with van der Waals surface area (Å²) in [6, 6.07) is 63.1. The molecule has 6 aromatic carbocycles. The molecule has 127 heavy (non-hydrogen) atoms. The Morgan fingerprint density at radius 3 is 1.05 bits per heavy atom. The van der Waals surface area contributed by atoms with E-state index in [4.69, 9.17) is 103 Å². The van der Waals surface area contributed by atoms with E-state index in [1.54, 1.807) is 30.6 Å². The third-order valence-corrected chi connectivity index (χ3v) is 18.6. The van der Waals surface area contributed by atoms with E-state index in [9.17, 15) is 0 Å². The van der Waals surface area contributed by atoms with Crippen LogP contribution in [0.2, 0.25) is 42.3 Å². The molecule has 0 fully saturated rings. The summed E-state index contributed by atoms with van der Waals surface area (Å²) in [6.45, 7) is 34.9. The van der Waals surface area contributed by atoms with Gasteiger partial charge >= 0.3 is 0 Å². The van der Waals surface area contributed by atoms with Crippen molar-refractivity contribution in [2.24, 2.45) is 0 Å². The third kappa shape index (κ3) is 33.0. The monoisotopic (exact) mass is 1850 g/mol. The molecule has 0 saturated heterocycles. The van der Waals surface area contributed by atoms with Gasteiger partial charge in [0.2, 0.25) is 48.1 Å². The summed E-state index contributed by atoms with van der Waals surface area (Å²) in [5.74, 6) is 9.60. The van der Waals surface area contributed by atoms with Gasteiger partial charge in [0.15, 0.2) is 34.9 Å². The molecule has 0 atom stereocenters. The number of nitrogens with zero attached hydrogens (tertiary/aromatic N) is 27. The topological polar surface area (TPSA) is 370 Å². The predicted molar refractivity (Wildman–Crippen MR) is 500 cm³/mol. The molecule has 0 bridgehead atoms. The van der Waals surface area contributed by atoms with Crippen molar-refractivity contribution < 1.29 is 0 Å². The van der Waals surface area contributed by atoms with E-state index >= 15 is 0 Å². The van der Waals surface area contributed by atoms with Gasteiger partial charge in [-0.15, -0.1) is 0 Å². The summed E-state index contributed by atoms with van der Waals surface area (Å²) in [5.41, 5.74) is 6.37. The molecule has 650 valence electrons. The van der Waals surface area contributed by atoms with Crippen LogP contribution in [0.5, 0.6) is 0 Å². The van der Waals surface area contributed by atoms with Crippen molar-refractivity contribution in [3.8, 4) is 80.5 Å². The molecule has 0 spiro atoms. The van der Waals surface area contributed by atoms with E-state index in [2.05, 4.69) is 214 Å². The summed E-state index contributed by atoms with van der Waals surface area (Å²) >= 11 is 46.7. The van der Waals surface area contributed by atoms with E-state index in [0.717, 1.165) is 69.2 Å². The molecule has 0 aliphatic heterocycles. The zero-order valence-electron chi connectivity index (χ0n) is 72.8. The van der Waals surface area contributed by atoms with Gasteiger partial charge in [-0.05, 0) is 136 Å². The highest BCUT2D eigenvalue weighted by atomic mass is 35.5.